The van der Waals surface area contributed by atoms with Gasteiger partial charge in [-0.25, -0.2) is 0 Å². The highest BCUT2D eigenvalue weighted by Crippen LogP contribution is 2.41. The predicted molar refractivity (Wildman–Crippen MR) is 78.7 cm³/mol. The predicted octanol–water partition coefficient (Wildman–Crippen LogP) is 4.53. The average Bonchev–Trinajstić information content (AvgIpc) is 2.40. The van der Waals surface area contributed by atoms with Gasteiger partial charge in [-0.1, -0.05) is 29.3 Å². The Morgan fingerprint density at radius 1 is 1.05 bits per heavy atom. The van der Waals surface area contributed by atoms with Crippen LogP contribution >= 0.6 is 23.2 Å². The van der Waals surface area contributed by atoms with E-state index in [-0.39, 0.29) is 5.78 Å². The molecule has 1 aromatic rings. The lowest BCUT2D eigenvalue weighted by Crippen LogP contribution is -2.29. The molecule has 0 aliphatic carbocycles. The maximum absolute atomic E-state index is 12.4. The molecular formula is C15H16Cl2O2. The van der Waals surface area contributed by atoms with E-state index in [9.17, 15) is 4.79 Å². The van der Waals surface area contributed by atoms with Gasteiger partial charge < -0.3 is 4.74 Å². The third-order valence-corrected chi connectivity index (χ3v) is 3.90. The SMILES string of the molecule is CC1(C)OC(C)(C)/C(=C\c2c(Cl)cccc2Cl)C1=O. The first-order chi connectivity index (χ1) is 8.65. The molecule has 102 valence electrons. The molecule has 1 heterocycles. The van der Waals surface area contributed by atoms with Crippen LogP contribution in [0.2, 0.25) is 10.0 Å². The molecule has 0 amide bonds. The van der Waals surface area contributed by atoms with Gasteiger partial charge in [-0.05, 0) is 45.9 Å². The zero-order valence-corrected chi connectivity index (χ0v) is 12.9. The van der Waals surface area contributed by atoms with E-state index in [1.807, 2.05) is 13.8 Å². The molecule has 4 heteroatoms. The maximum atomic E-state index is 12.4. The van der Waals surface area contributed by atoms with E-state index in [0.717, 1.165) is 0 Å². The van der Waals surface area contributed by atoms with Crippen molar-refractivity contribution in [3.05, 3.63) is 39.4 Å². The standard InChI is InChI=1S/C15H16Cl2O2/c1-14(2)10(13(18)15(3,4)19-14)8-9-11(16)6-5-7-12(9)17/h5-8H,1-4H3/b10-8-. The Bertz CT molecular complexity index is 551. The molecule has 0 spiro atoms. The number of carbonyl (C=O) groups is 1. The van der Waals surface area contributed by atoms with Gasteiger partial charge in [0.25, 0.3) is 0 Å². The first-order valence-electron chi connectivity index (χ1n) is 6.06. The Labute approximate surface area is 123 Å². The monoisotopic (exact) mass is 298 g/mol. The quantitative estimate of drug-likeness (QED) is 0.712. The van der Waals surface area contributed by atoms with Gasteiger partial charge in [0.05, 0.1) is 5.60 Å². The molecule has 0 N–H and O–H groups in total. The first-order valence-corrected chi connectivity index (χ1v) is 6.82. The molecule has 0 atom stereocenters. The van der Waals surface area contributed by atoms with Crippen molar-refractivity contribution in [1.82, 2.24) is 0 Å². The van der Waals surface area contributed by atoms with E-state index in [2.05, 4.69) is 0 Å². The highest BCUT2D eigenvalue weighted by molar-refractivity contribution is 6.37. The van der Waals surface area contributed by atoms with Crippen LogP contribution in [0.25, 0.3) is 6.08 Å². The van der Waals surface area contributed by atoms with Crippen LogP contribution in [0, 0.1) is 0 Å². The number of hydrogen-bond acceptors (Lipinski definition) is 2. The minimum Gasteiger partial charge on any atom is -0.357 e. The summed E-state index contributed by atoms with van der Waals surface area (Å²) < 4.78 is 5.81. The molecule has 1 aliphatic rings. The molecule has 2 rings (SSSR count). The molecule has 0 radical (unpaired) electrons. The molecular weight excluding hydrogens is 283 g/mol. The number of rotatable bonds is 1. The van der Waals surface area contributed by atoms with Gasteiger partial charge in [-0.15, -0.1) is 0 Å². The zero-order valence-electron chi connectivity index (χ0n) is 11.4. The number of hydrogen-bond donors (Lipinski definition) is 0. The van der Waals surface area contributed by atoms with Crippen molar-refractivity contribution >= 4 is 35.1 Å². The van der Waals surface area contributed by atoms with E-state index in [1.54, 1.807) is 38.1 Å². The lowest BCUT2D eigenvalue weighted by molar-refractivity contribution is -0.132. The van der Waals surface area contributed by atoms with Crippen LogP contribution in [0.1, 0.15) is 33.3 Å². The first kappa shape index (κ1) is 14.6. The summed E-state index contributed by atoms with van der Waals surface area (Å²) >= 11 is 12.3. The number of halogens is 2. The number of carbonyl (C=O) groups excluding carboxylic acids is 1. The van der Waals surface area contributed by atoms with Crippen LogP contribution in [0.5, 0.6) is 0 Å². The van der Waals surface area contributed by atoms with Gasteiger partial charge in [0.2, 0.25) is 0 Å². The number of ether oxygens (including phenoxy) is 1. The van der Waals surface area contributed by atoms with Gasteiger partial charge in [-0.3, -0.25) is 4.79 Å². The van der Waals surface area contributed by atoms with Crippen LogP contribution in [-0.2, 0) is 9.53 Å². The van der Waals surface area contributed by atoms with Crippen molar-refractivity contribution in [2.24, 2.45) is 0 Å². The molecule has 1 aliphatic heterocycles. The van der Waals surface area contributed by atoms with Crippen molar-refractivity contribution < 1.29 is 9.53 Å². The van der Waals surface area contributed by atoms with E-state index in [1.165, 1.54) is 0 Å². The Kier molecular flexibility index (Phi) is 3.54. The second-order valence-corrected chi connectivity index (χ2v) is 6.46. The van der Waals surface area contributed by atoms with Crippen LogP contribution in [0.3, 0.4) is 0 Å². The summed E-state index contributed by atoms with van der Waals surface area (Å²) in [4.78, 5) is 12.4. The highest BCUT2D eigenvalue weighted by atomic mass is 35.5. The molecule has 1 saturated heterocycles. The summed E-state index contributed by atoms with van der Waals surface area (Å²) in [7, 11) is 0. The molecule has 1 aromatic carbocycles. The Hall–Kier alpha value is -0.830. The fourth-order valence-corrected chi connectivity index (χ4v) is 2.88. The maximum Gasteiger partial charge on any atom is 0.192 e. The number of benzene rings is 1. The summed E-state index contributed by atoms with van der Waals surface area (Å²) in [5, 5.41) is 1.04. The minimum atomic E-state index is -0.816. The largest absolute Gasteiger partial charge is 0.357 e. The topological polar surface area (TPSA) is 26.3 Å². The minimum absolute atomic E-state index is 0.0338. The van der Waals surface area contributed by atoms with E-state index < -0.39 is 11.2 Å². The van der Waals surface area contributed by atoms with Crippen LogP contribution < -0.4 is 0 Å². The fraction of sp³-hybridized carbons (Fsp3) is 0.400. The lowest BCUT2D eigenvalue weighted by atomic mass is 9.91. The Morgan fingerprint density at radius 3 is 2.00 bits per heavy atom. The van der Waals surface area contributed by atoms with Gasteiger partial charge in [0, 0.05) is 21.2 Å². The second kappa shape index (κ2) is 4.62. The van der Waals surface area contributed by atoms with Crippen molar-refractivity contribution in [2.45, 2.75) is 38.9 Å². The Balaban J connectivity index is 2.58. The molecule has 0 aromatic heterocycles. The van der Waals surface area contributed by atoms with Crippen molar-refractivity contribution in [1.29, 1.82) is 0 Å². The van der Waals surface area contributed by atoms with Crippen molar-refractivity contribution in [3.8, 4) is 0 Å². The lowest BCUT2D eigenvalue weighted by Gasteiger charge is -2.22. The summed E-state index contributed by atoms with van der Waals surface area (Å²) in [5.41, 5.74) is -0.220. The Morgan fingerprint density at radius 2 is 1.58 bits per heavy atom. The summed E-state index contributed by atoms with van der Waals surface area (Å²) in [6.45, 7) is 7.28. The molecule has 0 saturated carbocycles. The molecule has 2 nitrogen and oxygen atoms in total. The molecule has 0 bridgehead atoms. The number of Topliss-reactive ketones (excluding diaryl/α,β-unsaturated/α-hetero) is 1. The smallest absolute Gasteiger partial charge is 0.192 e. The van der Waals surface area contributed by atoms with Gasteiger partial charge in [0.1, 0.15) is 5.60 Å². The zero-order chi connectivity index (χ0) is 14.4. The molecule has 0 unspecified atom stereocenters. The third kappa shape index (κ3) is 2.58. The van der Waals surface area contributed by atoms with E-state index in [4.69, 9.17) is 27.9 Å². The van der Waals surface area contributed by atoms with Gasteiger partial charge >= 0.3 is 0 Å². The fourth-order valence-electron chi connectivity index (χ4n) is 2.37. The average molecular weight is 299 g/mol. The van der Waals surface area contributed by atoms with Crippen LogP contribution in [-0.4, -0.2) is 17.0 Å². The molecule has 1 fully saturated rings. The van der Waals surface area contributed by atoms with Gasteiger partial charge in [0.15, 0.2) is 5.78 Å². The van der Waals surface area contributed by atoms with E-state index >= 15 is 0 Å². The van der Waals surface area contributed by atoms with Crippen LogP contribution in [0.15, 0.2) is 23.8 Å². The van der Waals surface area contributed by atoms with E-state index in [0.29, 0.717) is 21.2 Å². The second-order valence-electron chi connectivity index (χ2n) is 5.65. The summed E-state index contributed by atoms with van der Waals surface area (Å²) in [6, 6.07) is 5.27. The number of ketones is 1. The van der Waals surface area contributed by atoms with Gasteiger partial charge in [-0.2, -0.15) is 0 Å². The van der Waals surface area contributed by atoms with Crippen LogP contribution in [0.4, 0.5) is 0 Å². The molecule has 19 heavy (non-hydrogen) atoms. The third-order valence-electron chi connectivity index (χ3n) is 3.24. The van der Waals surface area contributed by atoms with Crippen molar-refractivity contribution in [2.75, 3.05) is 0 Å². The summed E-state index contributed by atoms with van der Waals surface area (Å²) in [5.74, 6) is -0.0338. The normalized spacial score (nSPS) is 23.1. The summed E-state index contributed by atoms with van der Waals surface area (Å²) in [6.07, 6.45) is 1.74. The highest BCUT2D eigenvalue weighted by Gasteiger charge is 2.49. The van der Waals surface area contributed by atoms with Crippen molar-refractivity contribution in [3.63, 3.8) is 0 Å².